The van der Waals surface area contributed by atoms with E-state index in [0.717, 1.165) is 5.56 Å². The molecular weight excluding hydrogens is 444 g/mol. The molecule has 0 atom stereocenters. The molecule has 0 spiro atoms. The van der Waals surface area contributed by atoms with Crippen molar-refractivity contribution in [3.05, 3.63) is 47.0 Å². The second-order valence-electron chi connectivity index (χ2n) is 6.44. The standard InChI is InChI=1S/C21H27ClN2O6S/c1-5-24(6-2)31(26,27)20-12-16(22)8-10-18(20)30-14-21(25)23-13-15-7-9-17(28-3)19(11-15)29-4/h7-12H,5-6,13-14H2,1-4H3,(H,23,25). The zero-order valence-electron chi connectivity index (χ0n) is 18.0. The van der Waals surface area contributed by atoms with Crippen molar-refractivity contribution < 1.29 is 27.4 Å². The van der Waals surface area contributed by atoms with Crippen LogP contribution in [0.5, 0.6) is 17.2 Å². The van der Waals surface area contributed by atoms with Gasteiger partial charge in [-0.2, -0.15) is 4.31 Å². The lowest BCUT2D eigenvalue weighted by Gasteiger charge is -2.20. The number of amides is 1. The number of carbonyl (C=O) groups excluding carboxylic acids is 1. The van der Waals surface area contributed by atoms with Crippen molar-refractivity contribution in [2.75, 3.05) is 33.9 Å². The number of nitrogens with one attached hydrogen (secondary N) is 1. The van der Waals surface area contributed by atoms with E-state index >= 15 is 0 Å². The summed E-state index contributed by atoms with van der Waals surface area (Å²) in [6, 6.07) is 9.59. The van der Waals surface area contributed by atoms with Crippen LogP contribution in [0.1, 0.15) is 19.4 Å². The number of halogens is 1. The number of methoxy groups -OCH3 is 2. The number of sulfonamides is 1. The first-order valence-corrected chi connectivity index (χ1v) is 11.5. The molecule has 8 nitrogen and oxygen atoms in total. The predicted octanol–water partition coefficient (Wildman–Crippen LogP) is 3.08. The Morgan fingerprint density at radius 1 is 1.00 bits per heavy atom. The fraction of sp³-hybridized carbons (Fsp3) is 0.381. The largest absolute Gasteiger partial charge is 0.493 e. The Labute approximate surface area is 188 Å². The van der Waals surface area contributed by atoms with Crippen LogP contribution in [0.3, 0.4) is 0 Å². The van der Waals surface area contributed by atoms with E-state index in [-0.39, 0.29) is 28.8 Å². The van der Waals surface area contributed by atoms with Crippen LogP contribution < -0.4 is 19.5 Å². The van der Waals surface area contributed by atoms with Crippen molar-refractivity contribution in [1.29, 1.82) is 0 Å². The molecule has 0 unspecified atom stereocenters. The smallest absolute Gasteiger partial charge is 0.258 e. The summed E-state index contributed by atoms with van der Waals surface area (Å²) in [4.78, 5) is 12.2. The Bertz CT molecular complexity index is 1010. The third-order valence-corrected chi connectivity index (χ3v) is 6.83. The van der Waals surface area contributed by atoms with Gasteiger partial charge in [-0.1, -0.05) is 31.5 Å². The zero-order chi connectivity index (χ0) is 23.0. The van der Waals surface area contributed by atoms with Crippen LogP contribution in [0, 0.1) is 0 Å². The van der Waals surface area contributed by atoms with Crippen LogP contribution in [-0.2, 0) is 21.4 Å². The Morgan fingerprint density at radius 2 is 1.65 bits per heavy atom. The van der Waals surface area contributed by atoms with E-state index in [9.17, 15) is 13.2 Å². The second-order valence-corrected chi connectivity index (χ2v) is 8.78. The highest BCUT2D eigenvalue weighted by Gasteiger charge is 2.26. The van der Waals surface area contributed by atoms with Crippen molar-refractivity contribution in [3.8, 4) is 17.2 Å². The zero-order valence-corrected chi connectivity index (χ0v) is 19.5. The number of hydrogen-bond donors (Lipinski definition) is 1. The van der Waals surface area contributed by atoms with Crippen LogP contribution in [-0.4, -0.2) is 52.5 Å². The molecule has 0 fully saturated rings. The number of rotatable bonds is 11. The number of carbonyl (C=O) groups is 1. The monoisotopic (exact) mass is 470 g/mol. The highest BCUT2D eigenvalue weighted by Crippen LogP contribution is 2.30. The molecule has 2 rings (SSSR count). The second kappa shape index (κ2) is 11.2. The van der Waals surface area contributed by atoms with E-state index in [0.29, 0.717) is 24.6 Å². The number of ether oxygens (including phenoxy) is 3. The molecule has 10 heteroatoms. The Morgan fingerprint density at radius 3 is 2.26 bits per heavy atom. The molecule has 0 saturated heterocycles. The van der Waals surface area contributed by atoms with Crippen LogP contribution >= 0.6 is 11.6 Å². The molecule has 1 amide bonds. The summed E-state index contributed by atoms with van der Waals surface area (Å²) in [7, 11) is -0.730. The summed E-state index contributed by atoms with van der Waals surface area (Å²) in [6.07, 6.45) is 0. The number of nitrogens with zero attached hydrogens (tertiary/aromatic N) is 1. The Hall–Kier alpha value is -2.49. The maximum absolute atomic E-state index is 12.9. The summed E-state index contributed by atoms with van der Waals surface area (Å²) in [5, 5.41) is 2.99. The molecule has 2 aromatic carbocycles. The van der Waals surface area contributed by atoms with Crippen molar-refractivity contribution in [3.63, 3.8) is 0 Å². The highest BCUT2D eigenvalue weighted by molar-refractivity contribution is 7.89. The number of hydrogen-bond acceptors (Lipinski definition) is 6. The third-order valence-electron chi connectivity index (χ3n) is 4.53. The van der Waals surface area contributed by atoms with Crippen LogP contribution in [0.25, 0.3) is 0 Å². The molecule has 0 radical (unpaired) electrons. The molecule has 31 heavy (non-hydrogen) atoms. The molecular formula is C21H27ClN2O6S. The summed E-state index contributed by atoms with van der Waals surface area (Å²) in [5.41, 5.74) is 0.808. The average molecular weight is 471 g/mol. The third kappa shape index (κ3) is 6.25. The van der Waals surface area contributed by atoms with Gasteiger partial charge in [0.15, 0.2) is 18.1 Å². The minimum absolute atomic E-state index is 0.0672. The van der Waals surface area contributed by atoms with Crippen LogP contribution in [0.15, 0.2) is 41.3 Å². The van der Waals surface area contributed by atoms with Gasteiger partial charge in [0.2, 0.25) is 10.0 Å². The SMILES string of the molecule is CCN(CC)S(=O)(=O)c1cc(Cl)ccc1OCC(=O)NCc1ccc(OC)c(OC)c1. The summed E-state index contributed by atoms with van der Waals surface area (Å²) in [5.74, 6) is 0.803. The topological polar surface area (TPSA) is 94.2 Å². The van der Waals surface area contributed by atoms with E-state index in [1.165, 1.54) is 29.6 Å². The van der Waals surface area contributed by atoms with Crippen molar-refractivity contribution in [1.82, 2.24) is 9.62 Å². The molecule has 0 aliphatic rings. The maximum Gasteiger partial charge on any atom is 0.258 e. The van der Waals surface area contributed by atoms with Crippen molar-refractivity contribution >= 4 is 27.5 Å². The van der Waals surface area contributed by atoms with Crippen LogP contribution in [0.4, 0.5) is 0 Å². The molecule has 0 saturated carbocycles. The van der Waals surface area contributed by atoms with E-state index in [1.807, 2.05) is 0 Å². The molecule has 0 aromatic heterocycles. The number of benzene rings is 2. The fourth-order valence-corrected chi connectivity index (χ4v) is 4.74. The van der Waals surface area contributed by atoms with Crippen LogP contribution in [0.2, 0.25) is 5.02 Å². The summed E-state index contributed by atoms with van der Waals surface area (Å²) in [6.45, 7) is 3.98. The van der Waals surface area contributed by atoms with Crippen molar-refractivity contribution in [2.45, 2.75) is 25.3 Å². The fourth-order valence-electron chi connectivity index (χ4n) is 2.89. The van der Waals surface area contributed by atoms with E-state index < -0.39 is 15.9 Å². The Kier molecular flexibility index (Phi) is 8.97. The van der Waals surface area contributed by atoms with Crippen molar-refractivity contribution in [2.24, 2.45) is 0 Å². The average Bonchev–Trinajstić information content (AvgIpc) is 2.77. The van der Waals surface area contributed by atoms with Gasteiger partial charge in [-0.25, -0.2) is 8.42 Å². The first-order valence-electron chi connectivity index (χ1n) is 9.66. The van der Waals surface area contributed by atoms with E-state index in [2.05, 4.69) is 5.32 Å². The van der Waals surface area contributed by atoms with E-state index in [1.54, 1.807) is 39.2 Å². The lowest BCUT2D eigenvalue weighted by Crippen LogP contribution is -2.32. The first kappa shape index (κ1) is 24.8. The normalized spacial score (nSPS) is 11.3. The van der Waals surface area contributed by atoms with Gasteiger partial charge in [0.05, 0.1) is 14.2 Å². The summed E-state index contributed by atoms with van der Waals surface area (Å²) < 4.78 is 43.1. The highest BCUT2D eigenvalue weighted by atomic mass is 35.5. The minimum atomic E-state index is -3.81. The molecule has 170 valence electrons. The lowest BCUT2D eigenvalue weighted by atomic mass is 10.2. The Balaban J connectivity index is 2.07. The molecule has 2 aromatic rings. The summed E-state index contributed by atoms with van der Waals surface area (Å²) >= 11 is 6.00. The minimum Gasteiger partial charge on any atom is -0.493 e. The van der Waals surface area contributed by atoms with Gasteiger partial charge in [0.25, 0.3) is 5.91 Å². The van der Waals surface area contributed by atoms with E-state index in [4.69, 9.17) is 25.8 Å². The van der Waals surface area contributed by atoms with Gasteiger partial charge in [-0.3, -0.25) is 4.79 Å². The molecule has 0 aliphatic carbocycles. The van der Waals surface area contributed by atoms with Gasteiger partial charge < -0.3 is 19.5 Å². The maximum atomic E-state index is 12.9. The quantitative estimate of drug-likeness (QED) is 0.542. The van der Waals surface area contributed by atoms with Gasteiger partial charge in [0, 0.05) is 24.7 Å². The van der Waals surface area contributed by atoms with Gasteiger partial charge >= 0.3 is 0 Å². The molecule has 0 bridgehead atoms. The molecule has 0 aliphatic heterocycles. The first-order chi connectivity index (χ1) is 14.8. The molecule has 0 heterocycles. The lowest BCUT2D eigenvalue weighted by molar-refractivity contribution is -0.123. The van der Waals surface area contributed by atoms with Gasteiger partial charge in [-0.15, -0.1) is 0 Å². The van der Waals surface area contributed by atoms with Gasteiger partial charge in [-0.05, 0) is 35.9 Å². The predicted molar refractivity (Wildman–Crippen MR) is 118 cm³/mol. The van der Waals surface area contributed by atoms with Gasteiger partial charge in [0.1, 0.15) is 10.6 Å². The molecule has 1 N–H and O–H groups in total.